The van der Waals surface area contributed by atoms with Crippen molar-refractivity contribution >= 4 is 46.4 Å². The van der Waals surface area contributed by atoms with Crippen LogP contribution in [-0.2, 0) is 0 Å². The van der Waals surface area contributed by atoms with Crippen molar-refractivity contribution in [2.45, 2.75) is 6.92 Å². The van der Waals surface area contributed by atoms with Gasteiger partial charge in [0.15, 0.2) is 0 Å². The van der Waals surface area contributed by atoms with Crippen LogP contribution < -0.4 is 10.1 Å². The molecule has 1 N–H and O–H groups in total. The fourth-order valence-electron chi connectivity index (χ4n) is 1.62. The van der Waals surface area contributed by atoms with Gasteiger partial charge in [0, 0.05) is 5.69 Å². The normalized spacial score (nSPS) is 10.3. The van der Waals surface area contributed by atoms with Gasteiger partial charge in [0.2, 0.25) is 0 Å². The monoisotopic (exact) mass is 344 g/mol. The summed E-state index contributed by atoms with van der Waals surface area (Å²) in [5.41, 5.74) is 0.556. The molecule has 21 heavy (non-hydrogen) atoms. The van der Waals surface area contributed by atoms with Gasteiger partial charge >= 0.3 is 0 Å². The van der Waals surface area contributed by atoms with Crippen LogP contribution in [-0.4, -0.2) is 17.5 Å². The molecule has 0 saturated heterocycles. The average molecular weight is 346 g/mol. The van der Waals surface area contributed by atoms with Crippen LogP contribution in [0.15, 0.2) is 30.3 Å². The Morgan fingerprint density at radius 2 is 1.95 bits per heavy atom. The van der Waals surface area contributed by atoms with Crippen molar-refractivity contribution in [3.8, 4) is 5.75 Å². The standard InChI is InChI=1S/C14H11Cl3N2O2/c1-2-21-11-5-3-8(7-10(11)16)18-14(20)13-9(15)4-6-12(17)19-13/h3-7H,2H2,1H3,(H,18,20). The quantitative estimate of drug-likeness (QED) is 0.818. The first-order valence-electron chi connectivity index (χ1n) is 6.07. The summed E-state index contributed by atoms with van der Waals surface area (Å²) in [6.07, 6.45) is 0. The first-order chi connectivity index (χ1) is 10.0. The van der Waals surface area contributed by atoms with Gasteiger partial charge in [0.1, 0.15) is 16.6 Å². The summed E-state index contributed by atoms with van der Waals surface area (Å²) in [5, 5.41) is 3.46. The van der Waals surface area contributed by atoms with Crippen LogP contribution in [0.4, 0.5) is 5.69 Å². The van der Waals surface area contributed by atoms with Crippen LogP contribution >= 0.6 is 34.8 Å². The molecule has 2 rings (SSSR count). The molecule has 1 heterocycles. The fourth-order valence-corrected chi connectivity index (χ4v) is 2.19. The SMILES string of the molecule is CCOc1ccc(NC(=O)c2nc(Cl)ccc2Cl)cc1Cl. The number of nitrogens with one attached hydrogen (secondary N) is 1. The maximum atomic E-state index is 12.1. The van der Waals surface area contributed by atoms with Gasteiger partial charge < -0.3 is 10.1 Å². The number of hydrogen-bond donors (Lipinski definition) is 1. The number of carbonyl (C=O) groups excluding carboxylic acids is 1. The van der Waals surface area contributed by atoms with Gasteiger partial charge in [-0.1, -0.05) is 34.8 Å². The molecule has 110 valence electrons. The van der Waals surface area contributed by atoms with E-state index in [0.29, 0.717) is 23.1 Å². The molecular weight excluding hydrogens is 335 g/mol. The van der Waals surface area contributed by atoms with Gasteiger partial charge in [0.25, 0.3) is 5.91 Å². The molecule has 0 aliphatic heterocycles. The number of amides is 1. The van der Waals surface area contributed by atoms with Crippen molar-refractivity contribution in [3.63, 3.8) is 0 Å². The lowest BCUT2D eigenvalue weighted by Gasteiger charge is -2.09. The fraction of sp³-hybridized carbons (Fsp3) is 0.143. The van der Waals surface area contributed by atoms with Gasteiger partial charge in [-0.15, -0.1) is 0 Å². The Balaban J connectivity index is 2.19. The Morgan fingerprint density at radius 1 is 1.19 bits per heavy atom. The molecule has 0 spiro atoms. The summed E-state index contributed by atoms with van der Waals surface area (Å²) in [7, 11) is 0. The van der Waals surface area contributed by atoms with Crippen molar-refractivity contribution < 1.29 is 9.53 Å². The average Bonchev–Trinajstić information content (AvgIpc) is 2.44. The van der Waals surface area contributed by atoms with Gasteiger partial charge in [-0.2, -0.15) is 0 Å². The molecule has 2 aromatic rings. The van der Waals surface area contributed by atoms with E-state index in [0.717, 1.165) is 0 Å². The number of pyridine rings is 1. The second-order valence-corrected chi connectivity index (χ2v) is 5.20. The van der Waals surface area contributed by atoms with Crippen LogP contribution in [0.2, 0.25) is 15.2 Å². The molecule has 0 aliphatic rings. The van der Waals surface area contributed by atoms with E-state index in [1.165, 1.54) is 12.1 Å². The maximum Gasteiger partial charge on any atom is 0.275 e. The molecule has 0 aliphatic carbocycles. The molecule has 7 heteroatoms. The lowest BCUT2D eigenvalue weighted by Crippen LogP contribution is -2.14. The minimum Gasteiger partial charge on any atom is -0.492 e. The van der Waals surface area contributed by atoms with Gasteiger partial charge in [-0.3, -0.25) is 4.79 Å². The summed E-state index contributed by atoms with van der Waals surface area (Å²) < 4.78 is 5.32. The number of halogens is 3. The highest BCUT2D eigenvalue weighted by molar-refractivity contribution is 6.35. The lowest BCUT2D eigenvalue weighted by molar-refractivity contribution is 0.102. The maximum absolute atomic E-state index is 12.1. The Hall–Kier alpha value is -1.49. The molecule has 1 amide bonds. The van der Waals surface area contributed by atoms with Crippen molar-refractivity contribution in [2.75, 3.05) is 11.9 Å². The first-order valence-corrected chi connectivity index (χ1v) is 7.20. The largest absolute Gasteiger partial charge is 0.492 e. The molecule has 0 atom stereocenters. The number of ether oxygens (including phenoxy) is 1. The van der Waals surface area contributed by atoms with Crippen molar-refractivity contribution in [1.29, 1.82) is 0 Å². The number of carbonyl (C=O) groups is 1. The van der Waals surface area contributed by atoms with E-state index < -0.39 is 5.91 Å². The highest BCUT2D eigenvalue weighted by Crippen LogP contribution is 2.28. The summed E-state index contributed by atoms with van der Waals surface area (Å²) in [4.78, 5) is 16.0. The molecule has 0 fully saturated rings. The van der Waals surface area contributed by atoms with Crippen molar-refractivity contribution in [1.82, 2.24) is 4.98 Å². The first kappa shape index (κ1) is 15.9. The number of nitrogens with zero attached hydrogens (tertiary/aromatic N) is 1. The number of anilines is 1. The minimum absolute atomic E-state index is 0.0502. The zero-order valence-corrected chi connectivity index (χ0v) is 13.3. The Morgan fingerprint density at radius 3 is 2.62 bits per heavy atom. The van der Waals surface area contributed by atoms with Crippen LogP contribution in [0.1, 0.15) is 17.4 Å². The molecule has 4 nitrogen and oxygen atoms in total. The van der Waals surface area contributed by atoms with Crippen molar-refractivity contribution in [3.05, 3.63) is 51.2 Å². The topological polar surface area (TPSA) is 51.2 Å². The highest BCUT2D eigenvalue weighted by Gasteiger charge is 2.14. The van der Waals surface area contributed by atoms with Crippen LogP contribution in [0, 0.1) is 0 Å². The molecule has 0 unspecified atom stereocenters. The summed E-state index contributed by atoms with van der Waals surface area (Å²) in [6.45, 7) is 2.37. The van der Waals surface area contributed by atoms with E-state index >= 15 is 0 Å². The van der Waals surface area contributed by atoms with Gasteiger partial charge in [0.05, 0.1) is 16.7 Å². The van der Waals surface area contributed by atoms with E-state index in [4.69, 9.17) is 39.5 Å². The van der Waals surface area contributed by atoms with E-state index in [-0.39, 0.29) is 15.9 Å². The van der Waals surface area contributed by atoms with Crippen LogP contribution in [0.3, 0.4) is 0 Å². The molecule has 0 bridgehead atoms. The molecule has 0 saturated carbocycles. The zero-order chi connectivity index (χ0) is 15.4. The molecule has 0 radical (unpaired) electrons. The third-order valence-electron chi connectivity index (χ3n) is 2.52. The second kappa shape index (κ2) is 6.98. The zero-order valence-electron chi connectivity index (χ0n) is 11.0. The number of benzene rings is 1. The lowest BCUT2D eigenvalue weighted by atomic mass is 10.2. The summed E-state index contributed by atoms with van der Waals surface area (Å²) in [6, 6.07) is 7.95. The highest BCUT2D eigenvalue weighted by atomic mass is 35.5. The third-order valence-corrected chi connectivity index (χ3v) is 3.33. The molecular formula is C14H11Cl3N2O2. The minimum atomic E-state index is -0.470. The summed E-state index contributed by atoms with van der Waals surface area (Å²) >= 11 is 17.7. The second-order valence-electron chi connectivity index (χ2n) is 4.00. The Labute approximate surface area is 137 Å². The molecule has 1 aromatic heterocycles. The van der Waals surface area contributed by atoms with E-state index in [9.17, 15) is 4.79 Å². The van der Waals surface area contributed by atoms with Crippen LogP contribution in [0.25, 0.3) is 0 Å². The van der Waals surface area contributed by atoms with Crippen molar-refractivity contribution in [2.24, 2.45) is 0 Å². The van der Waals surface area contributed by atoms with E-state index in [1.807, 2.05) is 6.92 Å². The number of hydrogen-bond acceptors (Lipinski definition) is 3. The smallest absolute Gasteiger partial charge is 0.275 e. The van der Waals surface area contributed by atoms with E-state index in [1.54, 1.807) is 18.2 Å². The Kier molecular flexibility index (Phi) is 5.28. The Bertz CT molecular complexity index is 677. The van der Waals surface area contributed by atoms with Gasteiger partial charge in [-0.05, 0) is 37.3 Å². The van der Waals surface area contributed by atoms with Crippen LogP contribution in [0.5, 0.6) is 5.75 Å². The van der Waals surface area contributed by atoms with Gasteiger partial charge in [-0.25, -0.2) is 4.98 Å². The predicted molar refractivity (Wildman–Crippen MR) is 84.8 cm³/mol. The number of aromatic nitrogens is 1. The van der Waals surface area contributed by atoms with E-state index in [2.05, 4.69) is 10.3 Å². The number of rotatable bonds is 4. The third kappa shape index (κ3) is 4.00. The summed E-state index contributed by atoms with van der Waals surface area (Å²) in [5.74, 6) is 0.0822. The molecule has 1 aromatic carbocycles. The predicted octanol–water partition coefficient (Wildman–Crippen LogP) is 4.69.